The van der Waals surface area contributed by atoms with Crippen molar-refractivity contribution in [3.05, 3.63) is 46.3 Å². The molecule has 302 valence electrons. The first-order valence-electron chi connectivity index (χ1n) is 20.9. The molecule has 4 aliphatic carbocycles. The first kappa shape index (κ1) is 42.6. The van der Waals surface area contributed by atoms with Gasteiger partial charge in [-0.1, -0.05) is 89.8 Å². The summed E-state index contributed by atoms with van der Waals surface area (Å²) in [5.41, 5.74) is -1.28. The quantitative estimate of drug-likeness (QED) is 0.148. The first-order valence-corrected chi connectivity index (χ1v) is 20.9. The monoisotopic (exact) mass is 751 g/mol. The molecule has 0 aromatic carbocycles. The van der Waals surface area contributed by atoms with E-state index < -0.39 is 58.0 Å². The zero-order chi connectivity index (χ0) is 40.3. The summed E-state index contributed by atoms with van der Waals surface area (Å²) in [7, 11) is 0. The van der Waals surface area contributed by atoms with Crippen LogP contribution in [0.15, 0.2) is 46.3 Å². The number of aliphatic hydroxyl groups is 3. The minimum atomic E-state index is -1.50. The van der Waals surface area contributed by atoms with E-state index >= 15 is 4.79 Å². The molecule has 1 heterocycles. The minimum Gasteiger partial charge on any atom is -0.511 e. The number of rotatable bonds is 4. The molecule has 1 saturated heterocycles. The van der Waals surface area contributed by atoms with Gasteiger partial charge in [0.15, 0.2) is 5.60 Å². The zero-order valence-electron chi connectivity index (χ0n) is 35.3. The first-order chi connectivity index (χ1) is 25.1. The third kappa shape index (κ3) is 7.04. The summed E-state index contributed by atoms with van der Waals surface area (Å²) in [5, 5.41) is 35.5. The van der Waals surface area contributed by atoms with Crippen molar-refractivity contribution in [2.45, 2.75) is 158 Å². The molecule has 5 aliphatic rings. The maximum atomic E-state index is 15.3. The van der Waals surface area contributed by atoms with Crippen molar-refractivity contribution < 1.29 is 39.2 Å². The Morgan fingerprint density at radius 3 is 2.26 bits per heavy atom. The van der Waals surface area contributed by atoms with E-state index in [1.807, 2.05) is 27.7 Å². The highest BCUT2D eigenvalue weighted by Gasteiger charge is 2.67. The number of carbonyl (C=O) groups excluding carboxylic acids is 3. The zero-order valence-corrected chi connectivity index (χ0v) is 35.3. The molecular formula is C46H70O8. The van der Waals surface area contributed by atoms with Gasteiger partial charge in [0.05, 0.1) is 17.8 Å². The van der Waals surface area contributed by atoms with Gasteiger partial charge in [0, 0.05) is 54.0 Å². The van der Waals surface area contributed by atoms with E-state index in [0.717, 1.165) is 29.6 Å². The highest BCUT2D eigenvalue weighted by molar-refractivity contribution is 6.26. The number of ether oxygens (including phenoxy) is 2. The molecule has 54 heavy (non-hydrogen) atoms. The Bertz CT molecular complexity index is 1610. The molecule has 1 saturated carbocycles. The maximum Gasteiger partial charge on any atom is 0.346 e. The lowest BCUT2D eigenvalue weighted by Gasteiger charge is -2.56. The smallest absolute Gasteiger partial charge is 0.346 e. The van der Waals surface area contributed by atoms with Gasteiger partial charge < -0.3 is 24.8 Å². The van der Waals surface area contributed by atoms with Gasteiger partial charge in [-0.15, -0.1) is 0 Å². The summed E-state index contributed by atoms with van der Waals surface area (Å²) in [6.45, 7) is 24.6. The fraction of sp³-hybridized carbons (Fsp3) is 0.761. The van der Waals surface area contributed by atoms with Gasteiger partial charge >= 0.3 is 5.97 Å². The van der Waals surface area contributed by atoms with E-state index in [1.165, 1.54) is 0 Å². The summed E-state index contributed by atoms with van der Waals surface area (Å²) in [4.78, 5) is 43.5. The summed E-state index contributed by atoms with van der Waals surface area (Å²) < 4.78 is 13.2. The van der Waals surface area contributed by atoms with Crippen LogP contribution < -0.4 is 0 Å². The summed E-state index contributed by atoms with van der Waals surface area (Å²) in [5.74, 6) is -3.82. The van der Waals surface area contributed by atoms with E-state index in [-0.39, 0.29) is 65.5 Å². The maximum absolute atomic E-state index is 15.3. The lowest BCUT2D eigenvalue weighted by Crippen LogP contribution is -2.57. The molecule has 0 aromatic rings. The van der Waals surface area contributed by atoms with Crippen LogP contribution >= 0.6 is 0 Å². The fourth-order valence-electron chi connectivity index (χ4n) is 11.9. The molecule has 0 amide bonds. The van der Waals surface area contributed by atoms with Gasteiger partial charge in [0.25, 0.3) is 0 Å². The van der Waals surface area contributed by atoms with Crippen LogP contribution in [-0.4, -0.2) is 62.9 Å². The van der Waals surface area contributed by atoms with Crippen LogP contribution in [0.1, 0.15) is 134 Å². The number of Topliss-reactive ketones (excluding diaryl/α,β-unsaturated/α-hetero) is 2. The average molecular weight is 751 g/mol. The van der Waals surface area contributed by atoms with Crippen LogP contribution in [0.3, 0.4) is 0 Å². The van der Waals surface area contributed by atoms with Crippen LogP contribution in [0.2, 0.25) is 0 Å². The third-order valence-corrected chi connectivity index (χ3v) is 14.6. The van der Waals surface area contributed by atoms with Crippen LogP contribution in [0, 0.1) is 58.2 Å². The molecule has 2 fully saturated rings. The second-order valence-corrected chi connectivity index (χ2v) is 19.4. The minimum absolute atomic E-state index is 0.0110. The van der Waals surface area contributed by atoms with Crippen molar-refractivity contribution in [3.63, 3.8) is 0 Å². The molecule has 1 spiro atoms. The Hall–Kier alpha value is -2.55. The number of esters is 1. The van der Waals surface area contributed by atoms with E-state index in [1.54, 1.807) is 0 Å². The van der Waals surface area contributed by atoms with Crippen molar-refractivity contribution >= 4 is 17.5 Å². The van der Waals surface area contributed by atoms with Gasteiger partial charge in [-0.05, 0) is 90.4 Å². The predicted octanol–water partition coefficient (Wildman–Crippen LogP) is 8.81. The number of carbonyl (C=O) groups is 3. The van der Waals surface area contributed by atoms with Gasteiger partial charge in [0.2, 0.25) is 5.78 Å². The van der Waals surface area contributed by atoms with Gasteiger partial charge in [-0.2, -0.15) is 0 Å². The normalized spacial score (nSPS) is 43.5. The summed E-state index contributed by atoms with van der Waals surface area (Å²) >= 11 is 0. The Kier molecular flexibility index (Phi) is 12.2. The van der Waals surface area contributed by atoms with E-state index in [0.29, 0.717) is 32.1 Å². The predicted molar refractivity (Wildman–Crippen MR) is 211 cm³/mol. The summed E-state index contributed by atoms with van der Waals surface area (Å²) in [6.07, 6.45) is 9.37. The highest BCUT2D eigenvalue weighted by Crippen LogP contribution is 2.63. The van der Waals surface area contributed by atoms with Crippen LogP contribution in [0.5, 0.6) is 0 Å². The molecular weight excluding hydrogens is 680 g/mol. The van der Waals surface area contributed by atoms with E-state index in [9.17, 15) is 24.9 Å². The second kappa shape index (κ2) is 15.4. The molecule has 6 unspecified atom stereocenters. The molecule has 0 radical (unpaired) electrons. The third-order valence-electron chi connectivity index (χ3n) is 14.6. The standard InChI is InChI=1S/C46H70O8/c1-13-32-20-31(24-47)18-27(5)39(53-43(9,10)11)25(3)16-15-17-44(12)22-28(6)29(7)23-46(44)41(51)36(42(52)54-46)40(50)45(14-2)37(32)26(4)19-33-35(49)21-34(48)30(8)38(33)45/h19-20,22,25,27,29-31,33,35,37-39,47,49-50H,13-18,21,23-24H2,1-12H3/b32-20+,40-36?/t25?,27-,29-,30?,31-,33-,35?,37+,38?,39-,44-,45?,46?/m1/s1. The lowest BCUT2D eigenvalue weighted by molar-refractivity contribution is -0.166. The van der Waals surface area contributed by atoms with Crippen molar-refractivity contribution in [1.29, 1.82) is 0 Å². The molecule has 0 aromatic heterocycles. The lowest BCUT2D eigenvalue weighted by atomic mass is 9.47. The van der Waals surface area contributed by atoms with Crippen molar-refractivity contribution in [2.24, 2.45) is 58.2 Å². The van der Waals surface area contributed by atoms with E-state index in [4.69, 9.17) is 9.47 Å². The summed E-state index contributed by atoms with van der Waals surface area (Å²) in [6, 6.07) is 0. The van der Waals surface area contributed by atoms with Crippen LogP contribution in [-0.2, 0) is 23.9 Å². The number of allylic oxidation sites excluding steroid dienone is 4. The fourth-order valence-corrected chi connectivity index (χ4v) is 11.9. The van der Waals surface area contributed by atoms with Crippen molar-refractivity contribution in [2.75, 3.05) is 6.61 Å². The number of hydrogen-bond donors (Lipinski definition) is 3. The van der Waals surface area contributed by atoms with Gasteiger partial charge in [-0.25, -0.2) is 4.79 Å². The van der Waals surface area contributed by atoms with Crippen molar-refractivity contribution in [1.82, 2.24) is 0 Å². The number of fused-ring (bicyclic) bond motifs is 4. The molecule has 8 nitrogen and oxygen atoms in total. The molecule has 1 aliphatic heterocycles. The Morgan fingerprint density at radius 2 is 1.67 bits per heavy atom. The van der Waals surface area contributed by atoms with Gasteiger partial charge in [-0.3, -0.25) is 9.59 Å². The Morgan fingerprint density at radius 1 is 1.00 bits per heavy atom. The topological polar surface area (TPSA) is 130 Å². The van der Waals surface area contributed by atoms with Crippen LogP contribution in [0.25, 0.3) is 0 Å². The molecule has 5 rings (SSSR count). The number of aliphatic hydroxyl groups excluding tert-OH is 3. The molecule has 13 atom stereocenters. The second-order valence-electron chi connectivity index (χ2n) is 19.4. The molecule has 8 heteroatoms. The SMILES string of the molecule is CC/C1=C\[C@H](CO)C[C@@H](C)[C@H](OC(C)(C)C)C(C)CCC[C@]2(C)C=C(C)[C@H](C)CC23OC(=O)C(=C(O)C2(CC)C4C(C)C(=O)CC(O)[C@H]4C=C(C)[C@@H]12)C3=O. The highest BCUT2D eigenvalue weighted by atomic mass is 16.6. The number of hydrogen-bond acceptors (Lipinski definition) is 8. The molecule has 2 bridgehead atoms. The Labute approximate surface area is 324 Å². The Balaban J connectivity index is 1.84. The largest absolute Gasteiger partial charge is 0.511 e. The molecule has 3 N–H and O–H groups in total. The van der Waals surface area contributed by atoms with Crippen molar-refractivity contribution in [3.8, 4) is 0 Å². The average Bonchev–Trinajstić information content (AvgIpc) is 3.34. The van der Waals surface area contributed by atoms with E-state index in [2.05, 4.69) is 73.6 Å². The number of ketones is 2. The van der Waals surface area contributed by atoms with Gasteiger partial charge in [0.1, 0.15) is 17.1 Å². The van der Waals surface area contributed by atoms with Crippen LogP contribution in [0.4, 0.5) is 0 Å².